The van der Waals surface area contributed by atoms with Crippen LogP contribution in [0, 0.1) is 0 Å². The topological polar surface area (TPSA) is 76.9 Å². The van der Waals surface area contributed by atoms with E-state index in [-0.39, 0.29) is 18.0 Å². The summed E-state index contributed by atoms with van der Waals surface area (Å²) in [4.78, 5) is 34.5. The Kier molecular flexibility index (Phi) is 3.97. The maximum absolute atomic E-state index is 12.4. The van der Waals surface area contributed by atoms with Gasteiger partial charge in [-0.2, -0.15) is 0 Å². The predicted molar refractivity (Wildman–Crippen MR) is 86.1 cm³/mol. The summed E-state index contributed by atoms with van der Waals surface area (Å²) in [5, 5.41) is 3.21. The number of aromatic nitrogens is 3. The molecular formula is C15H14N4O2S. The number of hydrogen-bond donors (Lipinski definition) is 1. The molecule has 0 unspecified atom stereocenters. The summed E-state index contributed by atoms with van der Waals surface area (Å²) in [6.45, 7) is 1.94. The molecule has 3 rings (SSSR count). The second kappa shape index (κ2) is 6.07. The quantitative estimate of drug-likeness (QED) is 0.799. The van der Waals surface area contributed by atoms with Gasteiger partial charge in [0.2, 0.25) is 5.91 Å². The van der Waals surface area contributed by atoms with Crippen molar-refractivity contribution in [2.45, 2.75) is 19.9 Å². The van der Waals surface area contributed by atoms with E-state index in [1.54, 1.807) is 24.4 Å². The van der Waals surface area contributed by atoms with Crippen molar-refractivity contribution in [1.82, 2.24) is 14.5 Å². The summed E-state index contributed by atoms with van der Waals surface area (Å²) in [5.74, 6) is 0.145. The molecule has 112 valence electrons. The van der Waals surface area contributed by atoms with E-state index in [1.807, 2.05) is 13.0 Å². The minimum absolute atomic E-state index is 0.0876. The van der Waals surface area contributed by atoms with Gasteiger partial charge in [-0.15, -0.1) is 11.3 Å². The second-order valence-electron chi connectivity index (χ2n) is 4.73. The first-order chi connectivity index (χ1) is 10.7. The second-order valence-corrected chi connectivity index (χ2v) is 5.84. The SMILES string of the molecule is CCc1cc2c(=O)n(CC(=O)Nc3ccccn3)cnc2s1. The fourth-order valence-corrected chi connectivity index (χ4v) is 3.00. The van der Waals surface area contributed by atoms with Crippen LogP contribution in [0.3, 0.4) is 0 Å². The molecule has 22 heavy (non-hydrogen) atoms. The highest BCUT2D eigenvalue weighted by Crippen LogP contribution is 2.20. The Morgan fingerprint density at radius 2 is 2.23 bits per heavy atom. The molecule has 0 bridgehead atoms. The fraction of sp³-hybridized carbons (Fsp3) is 0.200. The minimum atomic E-state index is -0.312. The number of thiophene rings is 1. The lowest BCUT2D eigenvalue weighted by molar-refractivity contribution is -0.116. The van der Waals surface area contributed by atoms with Gasteiger partial charge >= 0.3 is 0 Å². The lowest BCUT2D eigenvalue weighted by Crippen LogP contribution is -2.27. The van der Waals surface area contributed by atoms with Crippen molar-refractivity contribution >= 4 is 33.3 Å². The van der Waals surface area contributed by atoms with Gasteiger partial charge in [-0.25, -0.2) is 9.97 Å². The van der Waals surface area contributed by atoms with E-state index in [1.165, 1.54) is 22.2 Å². The summed E-state index contributed by atoms with van der Waals surface area (Å²) in [7, 11) is 0. The first kappa shape index (κ1) is 14.4. The molecule has 6 nitrogen and oxygen atoms in total. The van der Waals surface area contributed by atoms with Crippen LogP contribution in [0.2, 0.25) is 0 Å². The van der Waals surface area contributed by atoms with Crippen LogP contribution < -0.4 is 10.9 Å². The summed E-state index contributed by atoms with van der Waals surface area (Å²) in [6, 6.07) is 7.08. The molecule has 0 saturated heterocycles. The van der Waals surface area contributed by atoms with Gasteiger partial charge < -0.3 is 5.32 Å². The number of hydrogen-bond acceptors (Lipinski definition) is 5. The molecule has 1 N–H and O–H groups in total. The van der Waals surface area contributed by atoms with Crippen molar-refractivity contribution < 1.29 is 4.79 Å². The van der Waals surface area contributed by atoms with E-state index in [0.29, 0.717) is 16.0 Å². The van der Waals surface area contributed by atoms with E-state index in [2.05, 4.69) is 15.3 Å². The van der Waals surface area contributed by atoms with Crippen LogP contribution in [0.1, 0.15) is 11.8 Å². The van der Waals surface area contributed by atoms with E-state index in [0.717, 1.165) is 11.3 Å². The molecule has 0 atom stereocenters. The third kappa shape index (κ3) is 2.89. The van der Waals surface area contributed by atoms with Crippen LogP contribution in [0.4, 0.5) is 5.82 Å². The van der Waals surface area contributed by atoms with E-state index in [9.17, 15) is 9.59 Å². The number of pyridine rings is 1. The summed E-state index contributed by atoms with van der Waals surface area (Å²) in [6.07, 6.45) is 3.87. The largest absolute Gasteiger partial charge is 0.309 e. The molecule has 0 saturated carbocycles. The van der Waals surface area contributed by atoms with Crippen LogP contribution in [0.15, 0.2) is 41.6 Å². The number of nitrogens with one attached hydrogen (secondary N) is 1. The summed E-state index contributed by atoms with van der Waals surface area (Å²) >= 11 is 1.51. The molecule has 3 aromatic heterocycles. The number of nitrogens with zero attached hydrogens (tertiary/aromatic N) is 3. The molecule has 0 radical (unpaired) electrons. The van der Waals surface area contributed by atoms with Gasteiger partial charge in [0.25, 0.3) is 5.56 Å². The minimum Gasteiger partial charge on any atom is -0.309 e. The lowest BCUT2D eigenvalue weighted by atomic mass is 10.3. The molecular weight excluding hydrogens is 300 g/mol. The number of fused-ring (bicyclic) bond motifs is 1. The number of aryl methyl sites for hydroxylation is 1. The Bertz CT molecular complexity index is 870. The first-order valence-electron chi connectivity index (χ1n) is 6.86. The average molecular weight is 314 g/mol. The molecule has 0 aliphatic heterocycles. The van der Waals surface area contributed by atoms with E-state index in [4.69, 9.17) is 0 Å². The monoisotopic (exact) mass is 314 g/mol. The Labute approximate surface area is 130 Å². The standard InChI is InChI=1S/C15H14N4O2S/c1-2-10-7-11-14(22-10)17-9-19(15(11)21)8-13(20)18-12-5-3-4-6-16-12/h3-7,9H,2,8H2,1H3,(H,16,18,20). The van der Waals surface area contributed by atoms with Gasteiger partial charge in [0.1, 0.15) is 17.2 Å². The third-order valence-corrected chi connectivity index (χ3v) is 4.35. The van der Waals surface area contributed by atoms with Crippen molar-refractivity contribution in [3.8, 4) is 0 Å². The van der Waals surface area contributed by atoms with Crippen LogP contribution >= 0.6 is 11.3 Å². The van der Waals surface area contributed by atoms with Crippen molar-refractivity contribution in [2.24, 2.45) is 0 Å². The molecule has 0 aliphatic rings. The van der Waals surface area contributed by atoms with E-state index < -0.39 is 0 Å². The smallest absolute Gasteiger partial charge is 0.262 e. The Balaban J connectivity index is 1.83. The number of anilines is 1. The molecule has 0 fully saturated rings. The van der Waals surface area contributed by atoms with Gasteiger partial charge in [-0.1, -0.05) is 13.0 Å². The van der Waals surface area contributed by atoms with Crippen molar-refractivity contribution in [3.63, 3.8) is 0 Å². The molecule has 0 spiro atoms. The normalized spacial score (nSPS) is 10.8. The van der Waals surface area contributed by atoms with Crippen molar-refractivity contribution in [2.75, 3.05) is 5.32 Å². The zero-order valence-electron chi connectivity index (χ0n) is 11.9. The molecule has 0 aliphatic carbocycles. The van der Waals surface area contributed by atoms with Crippen LogP contribution in [0.5, 0.6) is 0 Å². The lowest BCUT2D eigenvalue weighted by Gasteiger charge is -2.06. The van der Waals surface area contributed by atoms with Crippen LogP contribution in [0.25, 0.3) is 10.2 Å². The summed E-state index contributed by atoms with van der Waals surface area (Å²) < 4.78 is 1.31. The molecule has 1 amide bonds. The Morgan fingerprint density at radius 1 is 1.36 bits per heavy atom. The highest BCUT2D eigenvalue weighted by molar-refractivity contribution is 7.18. The highest BCUT2D eigenvalue weighted by atomic mass is 32.1. The molecule has 7 heteroatoms. The number of carbonyl (C=O) groups is 1. The number of amides is 1. The molecule has 0 aromatic carbocycles. The predicted octanol–water partition coefficient (Wildman–Crippen LogP) is 2.05. The van der Waals surface area contributed by atoms with Crippen molar-refractivity contribution in [1.29, 1.82) is 0 Å². The fourth-order valence-electron chi connectivity index (χ4n) is 2.07. The number of rotatable bonds is 4. The molecule has 3 aromatic rings. The Hall–Kier alpha value is -2.54. The zero-order chi connectivity index (χ0) is 15.5. The maximum Gasteiger partial charge on any atom is 0.262 e. The van der Waals surface area contributed by atoms with Gasteiger partial charge in [0, 0.05) is 11.1 Å². The highest BCUT2D eigenvalue weighted by Gasteiger charge is 2.11. The van der Waals surface area contributed by atoms with Crippen LogP contribution in [-0.2, 0) is 17.8 Å². The van der Waals surface area contributed by atoms with Gasteiger partial charge in [0.15, 0.2) is 0 Å². The molecule has 3 heterocycles. The number of carbonyl (C=O) groups excluding carboxylic acids is 1. The third-order valence-electron chi connectivity index (χ3n) is 3.16. The van der Waals surface area contributed by atoms with Gasteiger partial charge in [-0.05, 0) is 24.6 Å². The van der Waals surface area contributed by atoms with Gasteiger partial charge in [-0.3, -0.25) is 14.2 Å². The first-order valence-corrected chi connectivity index (χ1v) is 7.67. The van der Waals surface area contributed by atoms with Gasteiger partial charge in [0.05, 0.1) is 11.7 Å². The summed E-state index contributed by atoms with van der Waals surface area (Å²) in [5.41, 5.74) is -0.197. The zero-order valence-corrected chi connectivity index (χ0v) is 12.8. The Morgan fingerprint density at radius 3 is 2.95 bits per heavy atom. The van der Waals surface area contributed by atoms with Crippen LogP contribution in [-0.4, -0.2) is 20.4 Å². The van der Waals surface area contributed by atoms with E-state index >= 15 is 0 Å². The van der Waals surface area contributed by atoms with Crippen molar-refractivity contribution in [3.05, 3.63) is 52.0 Å². The average Bonchev–Trinajstić information content (AvgIpc) is 2.95. The maximum atomic E-state index is 12.4.